The summed E-state index contributed by atoms with van der Waals surface area (Å²) in [6, 6.07) is 0. The van der Waals surface area contributed by atoms with Crippen LogP contribution in [0.2, 0.25) is 0 Å². The van der Waals surface area contributed by atoms with Gasteiger partial charge >= 0.3 is 5.97 Å². The molecule has 0 amide bonds. The fourth-order valence-corrected chi connectivity index (χ4v) is 3.16. The number of rotatable bonds is 6. The lowest BCUT2D eigenvalue weighted by Gasteiger charge is -2.13. The van der Waals surface area contributed by atoms with E-state index in [4.69, 9.17) is 5.11 Å². The summed E-state index contributed by atoms with van der Waals surface area (Å²) in [7, 11) is 0.864. The van der Waals surface area contributed by atoms with Gasteiger partial charge in [-0.05, 0) is 13.8 Å². The Morgan fingerprint density at radius 1 is 1.52 bits per heavy atom. The highest BCUT2D eigenvalue weighted by molar-refractivity contribution is 7.99. The summed E-state index contributed by atoms with van der Waals surface area (Å²) in [6.07, 6.45) is 1.66. The van der Waals surface area contributed by atoms with Crippen LogP contribution in [0.1, 0.15) is 12.6 Å². The van der Waals surface area contributed by atoms with Gasteiger partial charge in [0.1, 0.15) is 5.52 Å². The summed E-state index contributed by atoms with van der Waals surface area (Å²) in [5.41, 5.74) is 2.39. The fourth-order valence-electron chi connectivity index (χ4n) is 2.08. The normalized spacial score (nSPS) is 14.5. The highest BCUT2D eigenvalue weighted by Gasteiger charge is 2.20. The zero-order chi connectivity index (χ0) is 15.7. The quantitative estimate of drug-likeness (QED) is 0.796. The van der Waals surface area contributed by atoms with Crippen molar-refractivity contribution in [1.29, 1.82) is 0 Å². The van der Waals surface area contributed by atoms with Crippen LogP contribution < -0.4 is 0 Å². The van der Waals surface area contributed by atoms with Crippen molar-refractivity contribution in [2.45, 2.75) is 30.8 Å². The molecule has 0 spiro atoms. The van der Waals surface area contributed by atoms with Crippen LogP contribution in [0.5, 0.6) is 0 Å². The number of imidazole rings is 1. The van der Waals surface area contributed by atoms with E-state index in [1.54, 1.807) is 10.9 Å². The van der Waals surface area contributed by atoms with Gasteiger partial charge in [-0.25, -0.2) is 4.98 Å². The van der Waals surface area contributed by atoms with Crippen molar-refractivity contribution in [3.8, 4) is 0 Å². The fraction of sp³-hybridized carbons (Fsp3) is 0.583. The monoisotopic (exact) mass is 330 g/mol. The predicted molar refractivity (Wildman–Crippen MR) is 83.1 cm³/mol. The van der Waals surface area contributed by atoms with Gasteiger partial charge in [0.2, 0.25) is 0 Å². The largest absolute Gasteiger partial charge is 0.481 e. The van der Waals surface area contributed by atoms with E-state index in [0.29, 0.717) is 11.7 Å². The Balaban J connectivity index is 2.48. The van der Waals surface area contributed by atoms with Gasteiger partial charge in [0.25, 0.3) is 0 Å². The molecule has 0 saturated carbocycles. The van der Waals surface area contributed by atoms with Gasteiger partial charge in [-0.2, -0.15) is 5.10 Å². The lowest BCUT2D eigenvalue weighted by Crippen LogP contribution is -2.19. The first-order valence-electron chi connectivity index (χ1n) is 6.38. The van der Waals surface area contributed by atoms with E-state index >= 15 is 0 Å². The van der Waals surface area contributed by atoms with Crippen molar-refractivity contribution in [3.05, 3.63) is 5.69 Å². The summed E-state index contributed by atoms with van der Waals surface area (Å²) in [5.74, 6) is -0.945. The van der Waals surface area contributed by atoms with Crippen LogP contribution in [0.4, 0.5) is 0 Å². The maximum Gasteiger partial charge on any atom is 0.313 e. The van der Waals surface area contributed by atoms with Crippen molar-refractivity contribution < 1.29 is 14.1 Å². The first kappa shape index (κ1) is 16.0. The molecule has 0 aliphatic rings. The molecule has 2 aromatic heterocycles. The lowest BCUT2D eigenvalue weighted by molar-refractivity contribution is -0.133. The van der Waals surface area contributed by atoms with Gasteiger partial charge in [-0.3, -0.25) is 13.7 Å². The number of hydrogen-bond acceptors (Lipinski definition) is 5. The molecule has 9 heteroatoms. The third-order valence-corrected chi connectivity index (χ3v) is 5.43. The Bertz CT molecular complexity index is 707. The molecule has 1 N–H and O–H groups in total. The molecular formula is C12H18N4O3S2. The van der Waals surface area contributed by atoms with E-state index in [1.165, 1.54) is 11.8 Å². The second-order valence-corrected chi connectivity index (χ2v) is 7.62. The number of carboxylic acids is 1. The molecule has 0 aromatic carbocycles. The van der Waals surface area contributed by atoms with E-state index in [0.717, 1.165) is 16.9 Å². The summed E-state index contributed by atoms with van der Waals surface area (Å²) in [4.78, 5) is 15.3. The van der Waals surface area contributed by atoms with Gasteiger partial charge in [-0.15, -0.1) is 0 Å². The van der Waals surface area contributed by atoms with Crippen LogP contribution in [0.3, 0.4) is 0 Å². The number of aromatic nitrogens is 4. The second kappa shape index (κ2) is 6.18. The van der Waals surface area contributed by atoms with Gasteiger partial charge in [0.05, 0.1) is 11.4 Å². The van der Waals surface area contributed by atoms with Gasteiger partial charge in [0.15, 0.2) is 10.8 Å². The first-order chi connectivity index (χ1) is 9.81. The van der Waals surface area contributed by atoms with E-state index in [9.17, 15) is 9.00 Å². The van der Waals surface area contributed by atoms with E-state index in [1.807, 2.05) is 25.5 Å². The molecule has 116 valence electrons. The van der Waals surface area contributed by atoms with Crippen LogP contribution >= 0.6 is 11.8 Å². The first-order valence-corrected chi connectivity index (χ1v) is 8.98. The average Bonchev–Trinajstić information content (AvgIpc) is 2.87. The molecule has 2 atom stereocenters. The molecule has 0 radical (unpaired) electrons. The lowest BCUT2D eigenvalue weighted by atomic mass is 10.4. The number of carboxylic acid groups (broad SMARTS) is 1. The standard InChI is InChI=1S/C12H18N4O3S2/c1-7(21(4)19)5-16-11-10(8(2)14-15(11)3)13-12(16)20-6-9(17)18/h7H,5-6H2,1-4H3,(H,17,18). The highest BCUT2D eigenvalue weighted by Crippen LogP contribution is 2.26. The number of hydrogen-bond donors (Lipinski definition) is 1. The summed E-state index contributed by atoms with van der Waals surface area (Å²) < 4.78 is 15.3. The van der Waals surface area contributed by atoms with Crippen LogP contribution in [0.25, 0.3) is 11.2 Å². The Labute approximate surface area is 129 Å². The van der Waals surface area contributed by atoms with Crippen LogP contribution in [-0.4, -0.2) is 51.9 Å². The Morgan fingerprint density at radius 2 is 2.19 bits per heavy atom. The van der Waals surface area contributed by atoms with Gasteiger partial charge in [0, 0.05) is 35.9 Å². The average molecular weight is 330 g/mol. The number of fused-ring (bicyclic) bond motifs is 1. The van der Waals surface area contributed by atoms with Crippen molar-refractivity contribution in [3.63, 3.8) is 0 Å². The summed E-state index contributed by atoms with van der Waals surface area (Å²) >= 11 is 1.17. The molecule has 2 unspecified atom stereocenters. The van der Waals surface area contributed by atoms with E-state index in [2.05, 4.69) is 10.1 Å². The maximum absolute atomic E-state index is 11.6. The number of aryl methyl sites for hydroxylation is 2. The highest BCUT2D eigenvalue weighted by atomic mass is 32.2. The molecule has 2 rings (SSSR count). The number of nitrogens with zero attached hydrogens (tertiary/aromatic N) is 4. The van der Waals surface area contributed by atoms with Gasteiger partial charge < -0.3 is 9.67 Å². The Morgan fingerprint density at radius 3 is 2.76 bits per heavy atom. The van der Waals surface area contributed by atoms with Crippen molar-refractivity contribution in [2.24, 2.45) is 7.05 Å². The zero-order valence-corrected chi connectivity index (χ0v) is 14.0. The van der Waals surface area contributed by atoms with Crippen LogP contribution in [-0.2, 0) is 29.2 Å². The molecule has 7 nitrogen and oxygen atoms in total. The third kappa shape index (κ3) is 3.29. The molecule has 2 aromatic rings. The SMILES string of the molecule is Cc1nn(C)c2c1nc(SCC(=O)O)n2CC(C)S(C)=O. The summed E-state index contributed by atoms with van der Waals surface area (Å²) in [5, 5.41) is 13.7. The van der Waals surface area contributed by atoms with Crippen molar-refractivity contribution >= 4 is 39.7 Å². The zero-order valence-electron chi connectivity index (χ0n) is 12.4. The minimum atomic E-state index is -0.963. The number of thioether (sulfide) groups is 1. The second-order valence-electron chi connectivity index (χ2n) is 4.88. The Kier molecular flexibility index (Phi) is 4.72. The van der Waals surface area contributed by atoms with Crippen LogP contribution in [0, 0.1) is 6.92 Å². The Hall–Kier alpha value is -1.35. The minimum absolute atomic E-state index is 0.0539. The van der Waals surface area contributed by atoms with Crippen LogP contribution in [0.15, 0.2) is 5.16 Å². The maximum atomic E-state index is 11.6. The van der Waals surface area contributed by atoms with Gasteiger partial charge in [-0.1, -0.05) is 11.8 Å². The predicted octanol–water partition coefficient (Wildman–Crippen LogP) is 1.02. The molecule has 0 aliphatic carbocycles. The molecular weight excluding hydrogens is 312 g/mol. The molecule has 0 saturated heterocycles. The number of aliphatic carboxylic acids is 1. The van der Waals surface area contributed by atoms with E-state index in [-0.39, 0.29) is 11.0 Å². The third-order valence-electron chi connectivity index (χ3n) is 3.19. The topological polar surface area (TPSA) is 90.0 Å². The smallest absolute Gasteiger partial charge is 0.313 e. The van der Waals surface area contributed by atoms with Crippen molar-refractivity contribution in [1.82, 2.24) is 19.3 Å². The number of carbonyl (C=O) groups is 1. The molecule has 2 heterocycles. The molecule has 0 bridgehead atoms. The molecule has 0 fully saturated rings. The van der Waals surface area contributed by atoms with Crippen molar-refractivity contribution in [2.75, 3.05) is 12.0 Å². The molecule has 0 aliphatic heterocycles. The summed E-state index contributed by atoms with van der Waals surface area (Å²) in [6.45, 7) is 4.28. The van der Waals surface area contributed by atoms with E-state index < -0.39 is 16.8 Å². The minimum Gasteiger partial charge on any atom is -0.481 e. The molecule has 21 heavy (non-hydrogen) atoms.